The lowest BCUT2D eigenvalue weighted by molar-refractivity contribution is -0.198. The Morgan fingerprint density at radius 2 is 1.90 bits per heavy atom. The van der Waals surface area contributed by atoms with Crippen LogP contribution in [0.4, 0.5) is 0 Å². The van der Waals surface area contributed by atoms with E-state index in [1.807, 2.05) is 0 Å². The van der Waals surface area contributed by atoms with Gasteiger partial charge in [-0.2, -0.15) is 0 Å². The van der Waals surface area contributed by atoms with Crippen LogP contribution < -0.4 is 0 Å². The van der Waals surface area contributed by atoms with Gasteiger partial charge in [-0.25, -0.2) is 0 Å². The number of rotatable bonds is 17. The number of hydrogen-bond acceptors (Lipinski definition) is 5. The second kappa shape index (κ2) is 16.0. The molecule has 0 bridgehead atoms. The summed E-state index contributed by atoms with van der Waals surface area (Å²) >= 11 is 0. The highest BCUT2D eigenvalue weighted by Gasteiger charge is 2.52. The Hall–Kier alpha value is -0.733. The van der Waals surface area contributed by atoms with Gasteiger partial charge >= 0.3 is 5.97 Å². The van der Waals surface area contributed by atoms with E-state index in [9.17, 15) is 9.90 Å². The molecule has 2 N–H and O–H groups in total. The van der Waals surface area contributed by atoms with Crippen LogP contribution in [-0.4, -0.2) is 55.7 Å². The lowest BCUT2D eigenvalue weighted by Crippen LogP contribution is -2.44. The Morgan fingerprint density at radius 1 is 1.15 bits per heavy atom. The second-order valence-corrected chi connectivity index (χ2v) is 18.6. The molecule has 0 amide bonds. The fraction of sp³-hybridized carbons (Fsp3) is 0.906. The summed E-state index contributed by atoms with van der Waals surface area (Å²) in [7, 11) is -1.90. The maximum absolute atomic E-state index is 11.4. The smallest absolute Gasteiger partial charge is 0.303 e. The van der Waals surface area contributed by atoms with Gasteiger partial charge in [-0.1, -0.05) is 66.0 Å². The van der Waals surface area contributed by atoms with E-state index >= 15 is 0 Å². The third kappa shape index (κ3) is 10.9. The standard InChI is InChI=1S/C32H60O6Si/c1-8-9-12-17-25(38-39(6,7)31(2,3)4)20-21-26-27(37-30-19-14-16-23-36-30)24-28(33)32(26,5)22-15-11-10-13-18-29(34)35/h11,15,25-28,30,33H,8-10,12-14,16-24H2,1-7H3,(H,34,35)/b15-11-/t25-,26-,27?,28-,30?,32+/m0/s1. The topological polar surface area (TPSA) is 85.2 Å². The molecule has 1 aliphatic carbocycles. The second-order valence-electron chi connectivity index (χ2n) is 13.9. The number of aliphatic carboxylic acids is 1. The molecule has 7 heteroatoms. The van der Waals surface area contributed by atoms with Crippen LogP contribution in [0.1, 0.15) is 125 Å². The van der Waals surface area contributed by atoms with E-state index in [1.54, 1.807) is 0 Å². The molecule has 39 heavy (non-hydrogen) atoms. The van der Waals surface area contributed by atoms with Crippen molar-refractivity contribution in [1.82, 2.24) is 0 Å². The summed E-state index contributed by atoms with van der Waals surface area (Å²) in [6.07, 6.45) is 16.6. The third-order valence-electron chi connectivity index (χ3n) is 9.66. The van der Waals surface area contributed by atoms with E-state index in [0.29, 0.717) is 12.8 Å². The average molecular weight is 569 g/mol. The number of carbonyl (C=O) groups is 1. The van der Waals surface area contributed by atoms with Crippen LogP contribution in [0.25, 0.3) is 0 Å². The zero-order valence-corrected chi connectivity index (χ0v) is 27.2. The molecule has 2 fully saturated rings. The van der Waals surface area contributed by atoms with Crippen LogP contribution in [0.15, 0.2) is 12.2 Å². The lowest BCUT2D eigenvalue weighted by Gasteiger charge is -2.41. The monoisotopic (exact) mass is 568 g/mol. The van der Waals surface area contributed by atoms with Crippen LogP contribution in [-0.2, 0) is 18.7 Å². The fourth-order valence-corrected chi connectivity index (χ4v) is 7.38. The zero-order chi connectivity index (χ0) is 29.1. The van der Waals surface area contributed by atoms with E-state index in [4.69, 9.17) is 19.0 Å². The molecular formula is C32H60O6Si. The van der Waals surface area contributed by atoms with Gasteiger partial charge < -0.3 is 24.1 Å². The predicted molar refractivity (Wildman–Crippen MR) is 161 cm³/mol. The number of unbranched alkanes of at least 4 members (excludes halogenated alkanes) is 3. The molecule has 2 rings (SSSR count). The van der Waals surface area contributed by atoms with Gasteiger partial charge in [-0.15, -0.1) is 0 Å². The highest BCUT2D eigenvalue weighted by atomic mass is 28.4. The summed E-state index contributed by atoms with van der Waals surface area (Å²) in [5.41, 5.74) is -0.298. The largest absolute Gasteiger partial charge is 0.481 e. The number of carboxylic acids is 1. The van der Waals surface area contributed by atoms with Crippen LogP contribution >= 0.6 is 0 Å². The molecule has 2 unspecified atom stereocenters. The minimum atomic E-state index is -1.90. The summed E-state index contributed by atoms with van der Waals surface area (Å²) in [6, 6.07) is 0. The first-order valence-electron chi connectivity index (χ1n) is 15.8. The summed E-state index contributed by atoms with van der Waals surface area (Å²) < 4.78 is 19.5. The molecule has 0 aromatic rings. The van der Waals surface area contributed by atoms with Crippen LogP contribution in [0.2, 0.25) is 18.1 Å². The molecule has 2 aliphatic rings. The number of allylic oxidation sites excluding steroid dienone is 2. The van der Waals surface area contributed by atoms with Crippen LogP contribution in [0.5, 0.6) is 0 Å². The number of aliphatic hydroxyl groups excluding tert-OH is 1. The number of carboxylic acid groups (broad SMARTS) is 1. The van der Waals surface area contributed by atoms with Gasteiger partial charge in [0.05, 0.1) is 12.2 Å². The number of hydrogen-bond donors (Lipinski definition) is 2. The SMILES string of the molecule is CCCCC[C@@H](CC[C@H]1C(OC2CCCCO2)C[C@H](O)[C@]1(C)C/C=C\CCCC(=O)O)O[Si](C)(C)C(C)(C)C. The van der Waals surface area contributed by atoms with Crippen molar-refractivity contribution in [1.29, 1.82) is 0 Å². The molecule has 6 atom stereocenters. The van der Waals surface area contributed by atoms with E-state index < -0.39 is 20.4 Å². The summed E-state index contributed by atoms with van der Waals surface area (Å²) in [5.74, 6) is -0.543. The average Bonchev–Trinajstić information content (AvgIpc) is 3.08. The summed E-state index contributed by atoms with van der Waals surface area (Å²) in [6.45, 7) is 16.8. The van der Waals surface area contributed by atoms with Crippen molar-refractivity contribution in [2.45, 2.75) is 167 Å². The molecule has 0 aromatic carbocycles. The predicted octanol–water partition coefficient (Wildman–Crippen LogP) is 8.24. The maximum atomic E-state index is 11.4. The van der Waals surface area contributed by atoms with E-state index in [2.05, 4.69) is 59.9 Å². The quantitative estimate of drug-likeness (QED) is 0.104. The Morgan fingerprint density at radius 3 is 2.51 bits per heavy atom. The van der Waals surface area contributed by atoms with Gasteiger partial charge in [0.25, 0.3) is 0 Å². The van der Waals surface area contributed by atoms with Gasteiger partial charge in [0, 0.05) is 31.0 Å². The first kappa shape index (κ1) is 34.5. The van der Waals surface area contributed by atoms with E-state index in [-0.39, 0.29) is 41.3 Å². The van der Waals surface area contributed by atoms with Crippen molar-refractivity contribution in [2.24, 2.45) is 11.3 Å². The highest BCUT2D eigenvalue weighted by Crippen LogP contribution is 2.51. The Kier molecular flexibility index (Phi) is 14.2. The first-order chi connectivity index (χ1) is 18.3. The van der Waals surface area contributed by atoms with Gasteiger partial charge in [-0.3, -0.25) is 4.79 Å². The van der Waals surface area contributed by atoms with Crippen molar-refractivity contribution in [3.8, 4) is 0 Å². The van der Waals surface area contributed by atoms with E-state index in [0.717, 1.165) is 58.0 Å². The molecular weight excluding hydrogens is 508 g/mol. The summed E-state index contributed by atoms with van der Waals surface area (Å²) in [5, 5.41) is 20.5. The molecule has 1 saturated heterocycles. The minimum Gasteiger partial charge on any atom is -0.481 e. The molecule has 6 nitrogen and oxygen atoms in total. The molecule has 0 spiro atoms. The summed E-state index contributed by atoms with van der Waals surface area (Å²) in [4.78, 5) is 10.8. The molecule has 1 aliphatic heterocycles. The van der Waals surface area contributed by atoms with Crippen molar-refractivity contribution in [2.75, 3.05) is 6.61 Å². The maximum Gasteiger partial charge on any atom is 0.303 e. The third-order valence-corrected chi connectivity index (χ3v) is 14.2. The fourth-order valence-electron chi connectivity index (χ4n) is 5.96. The molecule has 1 saturated carbocycles. The van der Waals surface area contributed by atoms with Gasteiger partial charge in [0.2, 0.25) is 0 Å². The van der Waals surface area contributed by atoms with Gasteiger partial charge in [0.1, 0.15) is 0 Å². The number of ether oxygens (including phenoxy) is 2. The molecule has 0 aromatic heterocycles. The van der Waals surface area contributed by atoms with Crippen LogP contribution in [0, 0.1) is 11.3 Å². The first-order valence-corrected chi connectivity index (χ1v) is 18.7. The zero-order valence-electron chi connectivity index (χ0n) is 26.2. The molecule has 0 radical (unpaired) electrons. The normalized spacial score (nSPS) is 29.2. The number of aliphatic hydroxyl groups is 1. The van der Waals surface area contributed by atoms with Crippen molar-refractivity contribution in [3.63, 3.8) is 0 Å². The van der Waals surface area contributed by atoms with Crippen LogP contribution in [0.3, 0.4) is 0 Å². The lowest BCUT2D eigenvalue weighted by atomic mass is 9.72. The van der Waals surface area contributed by atoms with Crippen molar-refractivity contribution in [3.05, 3.63) is 12.2 Å². The highest BCUT2D eigenvalue weighted by molar-refractivity contribution is 6.74. The van der Waals surface area contributed by atoms with E-state index in [1.165, 1.54) is 19.3 Å². The van der Waals surface area contributed by atoms with Crippen molar-refractivity contribution >= 4 is 14.3 Å². The molecule has 1 heterocycles. The van der Waals surface area contributed by atoms with Gasteiger partial charge in [0.15, 0.2) is 14.6 Å². The van der Waals surface area contributed by atoms with Gasteiger partial charge in [-0.05, 0) is 81.8 Å². The Balaban J connectivity index is 2.17. The Labute approximate surface area is 240 Å². The molecule has 228 valence electrons. The minimum absolute atomic E-state index is 0.0299. The Bertz CT molecular complexity index is 741. The van der Waals surface area contributed by atoms with Crippen molar-refractivity contribution < 1.29 is 28.9 Å².